The number of carbonyl (C=O) groups is 2. The summed E-state index contributed by atoms with van der Waals surface area (Å²) in [6.45, 7) is 4.04. The van der Waals surface area contributed by atoms with Crippen LogP contribution in [0.2, 0.25) is 0 Å². The second kappa shape index (κ2) is 8.15. The molecule has 5 nitrogen and oxygen atoms in total. The van der Waals surface area contributed by atoms with E-state index in [4.69, 9.17) is 0 Å². The smallest absolute Gasteiger partial charge is 0.269 e. The van der Waals surface area contributed by atoms with Crippen molar-refractivity contribution in [3.63, 3.8) is 0 Å². The highest BCUT2D eigenvalue weighted by Crippen LogP contribution is 2.26. The number of phenolic OH excluding ortho intramolecular Hbond substituents is 1. The number of phenols is 1. The highest BCUT2D eigenvalue weighted by Gasteiger charge is 2.26. The minimum absolute atomic E-state index is 0.00394. The maximum absolute atomic E-state index is 12.6. The zero-order chi connectivity index (χ0) is 17.5. The number of nitrogens with one attached hydrogen (secondary N) is 2. The molecule has 0 aliphatic rings. The maximum Gasteiger partial charge on any atom is 0.269 e. The van der Waals surface area contributed by atoms with E-state index in [2.05, 4.69) is 10.9 Å². The van der Waals surface area contributed by atoms with E-state index >= 15 is 0 Å². The molecule has 0 aliphatic heterocycles. The van der Waals surface area contributed by atoms with Gasteiger partial charge in [0.2, 0.25) is 5.91 Å². The van der Waals surface area contributed by atoms with Gasteiger partial charge in [0, 0.05) is 5.56 Å². The average molecular weight is 326 g/mol. The van der Waals surface area contributed by atoms with Crippen LogP contribution in [0, 0.1) is 5.92 Å². The normalized spacial score (nSPS) is 12.9. The molecule has 0 fully saturated rings. The first-order chi connectivity index (χ1) is 11.5. The molecule has 24 heavy (non-hydrogen) atoms. The van der Waals surface area contributed by atoms with Crippen molar-refractivity contribution in [1.82, 2.24) is 10.9 Å². The number of amides is 2. The molecular weight excluding hydrogens is 304 g/mol. The minimum Gasteiger partial charge on any atom is -0.508 e. The van der Waals surface area contributed by atoms with Gasteiger partial charge in [-0.3, -0.25) is 20.4 Å². The second-order valence-electron chi connectivity index (χ2n) is 5.77. The van der Waals surface area contributed by atoms with E-state index in [1.165, 1.54) is 12.1 Å². The second-order valence-corrected chi connectivity index (χ2v) is 5.77. The predicted octanol–water partition coefficient (Wildman–Crippen LogP) is 2.98. The highest BCUT2D eigenvalue weighted by molar-refractivity contribution is 5.96. The highest BCUT2D eigenvalue weighted by atomic mass is 16.3. The first-order valence-electron chi connectivity index (χ1n) is 7.97. The Morgan fingerprint density at radius 2 is 1.75 bits per heavy atom. The molecule has 0 radical (unpaired) electrons. The van der Waals surface area contributed by atoms with Crippen LogP contribution in [0.5, 0.6) is 5.75 Å². The van der Waals surface area contributed by atoms with E-state index in [1.54, 1.807) is 12.1 Å². The van der Waals surface area contributed by atoms with Crippen LogP contribution in [0.1, 0.15) is 42.1 Å². The Balaban J connectivity index is 2.07. The molecule has 0 spiro atoms. The van der Waals surface area contributed by atoms with Gasteiger partial charge in [0.05, 0.1) is 5.92 Å². The van der Waals surface area contributed by atoms with E-state index in [9.17, 15) is 14.7 Å². The third kappa shape index (κ3) is 4.35. The largest absolute Gasteiger partial charge is 0.508 e. The monoisotopic (exact) mass is 326 g/mol. The fraction of sp³-hybridized carbons (Fsp3) is 0.263. The average Bonchev–Trinajstić information content (AvgIpc) is 2.60. The number of carbonyl (C=O) groups excluding carboxylic acids is 2. The van der Waals surface area contributed by atoms with Crippen LogP contribution in [0.3, 0.4) is 0 Å². The van der Waals surface area contributed by atoms with Gasteiger partial charge in [0.25, 0.3) is 5.91 Å². The standard InChI is InChI=1S/C19H22N2O3/c1-3-13(2)17(14-8-5-4-6-9-14)19(24)21-20-18(23)15-10-7-11-16(22)12-15/h4-13,17,22H,3H2,1-2H3,(H,20,23)(H,21,24)/t13-,17+/m1/s1. The molecular formula is C19H22N2O3. The number of hydrazine groups is 1. The van der Waals surface area contributed by atoms with Crippen molar-refractivity contribution in [3.8, 4) is 5.75 Å². The molecule has 2 amide bonds. The molecule has 0 saturated carbocycles. The van der Waals surface area contributed by atoms with Gasteiger partial charge < -0.3 is 5.11 Å². The van der Waals surface area contributed by atoms with Crippen LogP contribution in [-0.4, -0.2) is 16.9 Å². The summed E-state index contributed by atoms with van der Waals surface area (Å²) in [6, 6.07) is 15.4. The van der Waals surface area contributed by atoms with Gasteiger partial charge in [-0.2, -0.15) is 0 Å². The fourth-order valence-electron chi connectivity index (χ4n) is 2.55. The zero-order valence-electron chi connectivity index (χ0n) is 13.8. The van der Waals surface area contributed by atoms with Crippen molar-refractivity contribution in [2.45, 2.75) is 26.2 Å². The quantitative estimate of drug-likeness (QED) is 0.739. The molecule has 0 bridgehead atoms. The summed E-state index contributed by atoms with van der Waals surface area (Å²) in [4.78, 5) is 24.6. The van der Waals surface area contributed by atoms with Gasteiger partial charge in [-0.25, -0.2) is 0 Å². The van der Waals surface area contributed by atoms with Crippen molar-refractivity contribution in [2.24, 2.45) is 5.92 Å². The van der Waals surface area contributed by atoms with Crippen molar-refractivity contribution in [1.29, 1.82) is 0 Å². The Hall–Kier alpha value is -2.82. The van der Waals surface area contributed by atoms with E-state index in [1.807, 2.05) is 44.2 Å². The van der Waals surface area contributed by atoms with Crippen molar-refractivity contribution < 1.29 is 14.7 Å². The van der Waals surface area contributed by atoms with Crippen molar-refractivity contribution >= 4 is 11.8 Å². The molecule has 3 N–H and O–H groups in total. The van der Waals surface area contributed by atoms with Gasteiger partial charge in [-0.15, -0.1) is 0 Å². The first-order valence-corrected chi connectivity index (χ1v) is 7.97. The molecule has 0 saturated heterocycles. The lowest BCUT2D eigenvalue weighted by atomic mass is 9.85. The number of aromatic hydroxyl groups is 1. The zero-order valence-corrected chi connectivity index (χ0v) is 13.8. The maximum atomic E-state index is 12.6. The van der Waals surface area contributed by atoms with Gasteiger partial charge in [0.15, 0.2) is 0 Å². The Bertz CT molecular complexity index is 701. The van der Waals surface area contributed by atoms with Crippen molar-refractivity contribution in [2.75, 3.05) is 0 Å². The lowest BCUT2D eigenvalue weighted by molar-refractivity contribution is -0.124. The van der Waals surface area contributed by atoms with E-state index in [0.29, 0.717) is 0 Å². The molecule has 2 atom stereocenters. The van der Waals surface area contributed by atoms with Crippen LogP contribution in [0.4, 0.5) is 0 Å². The molecule has 126 valence electrons. The molecule has 0 aromatic heterocycles. The summed E-state index contributed by atoms with van der Waals surface area (Å²) < 4.78 is 0. The molecule has 5 heteroatoms. The van der Waals surface area contributed by atoms with E-state index < -0.39 is 5.91 Å². The lowest BCUT2D eigenvalue weighted by Crippen LogP contribution is -2.45. The molecule has 0 aliphatic carbocycles. The summed E-state index contributed by atoms with van der Waals surface area (Å²) >= 11 is 0. The molecule has 2 aromatic carbocycles. The lowest BCUT2D eigenvalue weighted by Gasteiger charge is -2.22. The fourth-order valence-corrected chi connectivity index (χ4v) is 2.55. The Kier molecular flexibility index (Phi) is 5.95. The topological polar surface area (TPSA) is 78.4 Å². The Morgan fingerprint density at radius 3 is 2.38 bits per heavy atom. The summed E-state index contributed by atoms with van der Waals surface area (Å²) in [5.74, 6) is -0.958. The number of rotatable bonds is 5. The van der Waals surface area contributed by atoms with Gasteiger partial charge >= 0.3 is 0 Å². The third-order valence-electron chi connectivity index (χ3n) is 4.06. The van der Waals surface area contributed by atoms with Crippen LogP contribution >= 0.6 is 0 Å². The molecule has 0 unspecified atom stereocenters. The van der Waals surface area contributed by atoms with Crippen LogP contribution in [-0.2, 0) is 4.79 Å². The number of hydrogen-bond donors (Lipinski definition) is 3. The van der Waals surface area contributed by atoms with Gasteiger partial charge in [0.1, 0.15) is 5.75 Å². The summed E-state index contributed by atoms with van der Waals surface area (Å²) in [6.07, 6.45) is 0.841. The molecule has 2 aromatic rings. The SMILES string of the molecule is CC[C@@H](C)[C@H](C(=O)NNC(=O)c1cccc(O)c1)c1ccccc1. The molecule has 0 heterocycles. The minimum atomic E-state index is -0.477. The number of benzene rings is 2. The Morgan fingerprint density at radius 1 is 1.04 bits per heavy atom. The third-order valence-corrected chi connectivity index (χ3v) is 4.06. The Labute approximate surface area is 141 Å². The van der Waals surface area contributed by atoms with Crippen LogP contribution < -0.4 is 10.9 Å². The summed E-state index contributed by atoms with van der Waals surface area (Å²) in [5.41, 5.74) is 6.09. The van der Waals surface area contributed by atoms with E-state index in [-0.39, 0.29) is 29.1 Å². The van der Waals surface area contributed by atoms with Crippen LogP contribution in [0.15, 0.2) is 54.6 Å². The van der Waals surface area contributed by atoms with Crippen molar-refractivity contribution in [3.05, 3.63) is 65.7 Å². The van der Waals surface area contributed by atoms with Crippen LogP contribution in [0.25, 0.3) is 0 Å². The number of hydrogen-bond acceptors (Lipinski definition) is 3. The summed E-state index contributed by atoms with van der Waals surface area (Å²) in [5, 5.41) is 9.41. The summed E-state index contributed by atoms with van der Waals surface area (Å²) in [7, 11) is 0. The van der Waals surface area contributed by atoms with Gasteiger partial charge in [-0.1, -0.05) is 56.7 Å². The predicted molar refractivity (Wildman–Crippen MR) is 92.4 cm³/mol. The first kappa shape index (κ1) is 17.5. The van der Waals surface area contributed by atoms with E-state index in [0.717, 1.165) is 12.0 Å². The molecule has 2 rings (SSSR count). The van der Waals surface area contributed by atoms with Gasteiger partial charge in [-0.05, 0) is 29.7 Å².